The van der Waals surface area contributed by atoms with Gasteiger partial charge < -0.3 is 9.47 Å². The van der Waals surface area contributed by atoms with Crippen LogP contribution in [0.25, 0.3) is 11.4 Å². The van der Waals surface area contributed by atoms with Gasteiger partial charge in [0.05, 0.1) is 25.0 Å². The molecule has 28 heavy (non-hydrogen) atoms. The van der Waals surface area contributed by atoms with Crippen LogP contribution in [-0.2, 0) is 4.74 Å². The summed E-state index contributed by atoms with van der Waals surface area (Å²) in [6.07, 6.45) is 1.71. The first-order valence-corrected chi connectivity index (χ1v) is 9.06. The van der Waals surface area contributed by atoms with Crippen LogP contribution in [0.5, 0.6) is 5.75 Å². The van der Waals surface area contributed by atoms with Gasteiger partial charge in [-0.05, 0) is 55.9 Å². The third-order valence-corrected chi connectivity index (χ3v) is 4.03. The monoisotopic (exact) mass is 396 g/mol. The minimum atomic E-state index is -0.383. The van der Waals surface area contributed by atoms with Gasteiger partial charge in [0.1, 0.15) is 5.75 Å². The number of ether oxygens (including phenoxy) is 2. The zero-order chi connectivity index (χ0) is 20.1. The zero-order valence-corrected chi connectivity index (χ0v) is 16.6. The molecule has 0 unspecified atom stereocenters. The molecule has 3 aromatic rings. The van der Waals surface area contributed by atoms with E-state index in [4.69, 9.17) is 21.7 Å². The molecule has 0 aliphatic carbocycles. The van der Waals surface area contributed by atoms with Crippen molar-refractivity contribution in [3.05, 3.63) is 64.4 Å². The number of aromatic nitrogens is 3. The van der Waals surface area contributed by atoms with Gasteiger partial charge in [-0.15, -0.1) is 0 Å². The Morgan fingerprint density at radius 3 is 2.68 bits per heavy atom. The molecule has 144 valence electrons. The largest absolute Gasteiger partial charge is 0.491 e. The third kappa shape index (κ3) is 4.52. The number of rotatable bonds is 6. The molecule has 7 nitrogen and oxygen atoms in total. The summed E-state index contributed by atoms with van der Waals surface area (Å²) >= 11 is 5.30. The Labute approximate surface area is 167 Å². The van der Waals surface area contributed by atoms with Gasteiger partial charge in [-0.25, -0.2) is 9.89 Å². The summed E-state index contributed by atoms with van der Waals surface area (Å²) < 4.78 is 12.3. The molecule has 1 N–H and O–H groups in total. The molecule has 0 atom stereocenters. The SMILES string of the molecule is COC(=O)c1ccc(/C=N\n2c(-c3cccc(OC(C)C)c3)n[nH]c2=S)cc1. The van der Waals surface area contributed by atoms with Gasteiger partial charge in [-0.1, -0.05) is 24.3 Å². The molecule has 0 saturated carbocycles. The van der Waals surface area contributed by atoms with Gasteiger partial charge in [0.2, 0.25) is 4.77 Å². The van der Waals surface area contributed by atoms with Crippen molar-refractivity contribution < 1.29 is 14.3 Å². The van der Waals surface area contributed by atoms with Crippen LogP contribution in [0, 0.1) is 4.77 Å². The fourth-order valence-electron chi connectivity index (χ4n) is 2.51. The lowest BCUT2D eigenvalue weighted by Crippen LogP contribution is -2.05. The van der Waals surface area contributed by atoms with E-state index in [0.29, 0.717) is 16.2 Å². The number of hydrogen-bond acceptors (Lipinski definition) is 6. The van der Waals surface area contributed by atoms with E-state index in [1.165, 1.54) is 11.8 Å². The van der Waals surface area contributed by atoms with Gasteiger partial charge in [-0.2, -0.15) is 14.9 Å². The Kier molecular flexibility index (Phi) is 6.00. The van der Waals surface area contributed by atoms with Crippen molar-refractivity contribution in [3.8, 4) is 17.1 Å². The molecule has 0 bridgehead atoms. The number of methoxy groups -OCH3 is 1. The van der Waals surface area contributed by atoms with Crippen molar-refractivity contribution in [2.45, 2.75) is 20.0 Å². The highest BCUT2D eigenvalue weighted by molar-refractivity contribution is 7.71. The maximum Gasteiger partial charge on any atom is 0.337 e. The second kappa shape index (κ2) is 8.62. The van der Waals surface area contributed by atoms with Gasteiger partial charge in [0.15, 0.2) is 5.82 Å². The van der Waals surface area contributed by atoms with Crippen LogP contribution in [0.2, 0.25) is 0 Å². The number of benzene rings is 2. The summed E-state index contributed by atoms with van der Waals surface area (Å²) in [5, 5.41) is 11.5. The standard InChI is InChI=1S/C20H20N4O3S/c1-13(2)27-17-6-4-5-16(11-17)18-22-23-20(28)24(18)21-12-14-7-9-15(10-8-14)19(25)26-3/h4-13H,1-3H3,(H,23,28)/b21-12-. The van der Waals surface area contributed by atoms with E-state index in [1.807, 2.05) is 38.1 Å². The minimum Gasteiger partial charge on any atom is -0.491 e. The van der Waals surface area contributed by atoms with Crippen LogP contribution < -0.4 is 4.74 Å². The number of esters is 1. The molecule has 1 aromatic heterocycles. The maximum atomic E-state index is 11.5. The summed E-state index contributed by atoms with van der Waals surface area (Å²) in [5.74, 6) is 0.934. The number of hydrogen-bond donors (Lipinski definition) is 1. The van der Waals surface area contributed by atoms with E-state index in [1.54, 1.807) is 30.5 Å². The summed E-state index contributed by atoms with van der Waals surface area (Å²) in [7, 11) is 1.35. The number of carbonyl (C=O) groups is 1. The topological polar surface area (TPSA) is 81.5 Å². The van der Waals surface area contributed by atoms with Crippen molar-refractivity contribution in [3.63, 3.8) is 0 Å². The lowest BCUT2D eigenvalue weighted by Gasteiger charge is -2.10. The fraction of sp³-hybridized carbons (Fsp3) is 0.200. The first kappa shape index (κ1) is 19.5. The fourth-order valence-corrected chi connectivity index (χ4v) is 2.69. The number of nitrogens with zero attached hydrogens (tertiary/aromatic N) is 3. The van der Waals surface area contributed by atoms with Gasteiger partial charge in [-0.3, -0.25) is 0 Å². The predicted octanol–water partition coefficient (Wildman–Crippen LogP) is 4.06. The smallest absolute Gasteiger partial charge is 0.337 e. The Bertz CT molecular complexity index is 1050. The molecule has 0 amide bonds. The minimum absolute atomic E-state index is 0.0713. The second-order valence-electron chi connectivity index (χ2n) is 6.22. The number of carbonyl (C=O) groups excluding carboxylic acids is 1. The molecular formula is C20H20N4O3S. The average molecular weight is 396 g/mol. The van der Waals surface area contributed by atoms with Crippen LogP contribution in [0.4, 0.5) is 0 Å². The van der Waals surface area contributed by atoms with Crippen molar-refractivity contribution >= 4 is 24.4 Å². The molecule has 8 heteroatoms. The molecule has 0 radical (unpaired) electrons. The number of nitrogens with one attached hydrogen (secondary N) is 1. The summed E-state index contributed by atoms with van der Waals surface area (Å²) in [5.41, 5.74) is 2.10. The van der Waals surface area contributed by atoms with Crippen molar-refractivity contribution in [1.82, 2.24) is 14.9 Å². The summed E-state index contributed by atoms with van der Waals surface area (Å²) in [6, 6.07) is 14.5. The lowest BCUT2D eigenvalue weighted by atomic mass is 10.1. The van der Waals surface area contributed by atoms with Crippen LogP contribution >= 0.6 is 12.2 Å². The Balaban J connectivity index is 1.88. The van der Waals surface area contributed by atoms with Crippen LogP contribution in [0.15, 0.2) is 53.6 Å². The summed E-state index contributed by atoms with van der Waals surface area (Å²) in [6.45, 7) is 3.94. The molecule has 0 fully saturated rings. The zero-order valence-electron chi connectivity index (χ0n) is 15.7. The van der Waals surface area contributed by atoms with Gasteiger partial charge in [0.25, 0.3) is 0 Å². The molecule has 0 aliphatic rings. The summed E-state index contributed by atoms with van der Waals surface area (Å²) in [4.78, 5) is 11.5. The highest BCUT2D eigenvalue weighted by Gasteiger charge is 2.10. The Morgan fingerprint density at radius 2 is 2.00 bits per heavy atom. The van der Waals surface area contributed by atoms with Crippen molar-refractivity contribution in [2.24, 2.45) is 5.10 Å². The Morgan fingerprint density at radius 1 is 1.25 bits per heavy atom. The highest BCUT2D eigenvalue weighted by atomic mass is 32.1. The Hall–Kier alpha value is -3.26. The first-order valence-electron chi connectivity index (χ1n) is 8.65. The van der Waals surface area contributed by atoms with Crippen molar-refractivity contribution in [2.75, 3.05) is 7.11 Å². The van der Waals surface area contributed by atoms with E-state index in [0.717, 1.165) is 16.9 Å². The van der Waals surface area contributed by atoms with Crippen LogP contribution in [0.3, 0.4) is 0 Å². The highest BCUT2D eigenvalue weighted by Crippen LogP contribution is 2.23. The van der Waals surface area contributed by atoms with E-state index in [9.17, 15) is 4.79 Å². The first-order chi connectivity index (χ1) is 13.5. The van der Waals surface area contributed by atoms with E-state index >= 15 is 0 Å². The van der Waals surface area contributed by atoms with Gasteiger partial charge >= 0.3 is 5.97 Å². The van der Waals surface area contributed by atoms with Crippen LogP contribution in [0.1, 0.15) is 29.8 Å². The maximum absolute atomic E-state index is 11.5. The van der Waals surface area contributed by atoms with E-state index < -0.39 is 0 Å². The molecule has 0 aliphatic heterocycles. The second-order valence-corrected chi connectivity index (χ2v) is 6.60. The average Bonchev–Trinajstić information content (AvgIpc) is 3.06. The molecule has 0 spiro atoms. The lowest BCUT2D eigenvalue weighted by molar-refractivity contribution is 0.0600. The van der Waals surface area contributed by atoms with E-state index in [-0.39, 0.29) is 12.1 Å². The van der Waals surface area contributed by atoms with Crippen molar-refractivity contribution in [1.29, 1.82) is 0 Å². The quantitative estimate of drug-likeness (QED) is 0.386. The van der Waals surface area contributed by atoms with Crippen LogP contribution in [-0.4, -0.2) is 40.3 Å². The number of aromatic amines is 1. The molecule has 3 rings (SSSR count). The van der Waals surface area contributed by atoms with Gasteiger partial charge in [0, 0.05) is 5.56 Å². The predicted molar refractivity (Wildman–Crippen MR) is 109 cm³/mol. The molecule has 0 saturated heterocycles. The molecule has 1 heterocycles. The normalized spacial score (nSPS) is 11.1. The molecule has 2 aromatic carbocycles. The third-order valence-electron chi connectivity index (χ3n) is 3.77. The number of H-pyrrole nitrogens is 1. The van der Waals surface area contributed by atoms with E-state index in [2.05, 4.69) is 15.3 Å². The molecular weight excluding hydrogens is 376 g/mol.